The maximum atomic E-state index is 12.9. The van der Waals surface area contributed by atoms with E-state index in [1.807, 2.05) is 0 Å². The highest BCUT2D eigenvalue weighted by Crippen LogP contribution is 2.17. The van der Waals surface area contributed by atoms with Gasteiger partial charge in [0.2, 0.25) is 0 Å². The van der Waals surface area contributed by atoms with E-state index in [0.717, 1.165) is 70.6 Å². The van der Waals surface area contributed by atoms with E-state index in [-0.39, 0.29) is 31.1 Å². The predicted molar refractivity (Wildman–Crippen MR) is 307 cm³/mol. The molecule has 0 heterocycles. The number of rotatable bonds is 57. The lowest BCUT2D eigenvalue weighted by molar-refractivity contribution is -0.167. The summed E-state index contributed by atoms with van der Waals surface area (Å²) in [5.74, 6) is -0.861. The molecule has 0 spiro atoms. The van der Waals surface area contributed by atoms with Gasteiger partial charge in [-0.15, -0.1) is 0 Å². The fourth-order valence-electron chi connectivity index (χ4n) is 9.09. The first-order valence-electron chi connectivity index (χ1n) is 31.1. The van der Waals surface area contributed by atoms with Gasteiger partial charge in [0, 0.05) is 19.3 Å². The van der Waals surface area contributed by atoms with Crippen molar-refractivity contribution in [1.82, 2.24) is 0 Å². The molecule has 0 aliphatic heterocycles. The van der Waals surface area contributed by atoms with Crippen molar-refractivity contribution in [3.63, 3.8) is 0 Å². The topological polar surface area (TPSA) is 78.9 Å². The third-order valence-corrected chi connectivity index (χ3v) is 13.8. The Bertz CT molecular complexity index is 1160. The van der Waals surface area contributed by atoms with Crippen molar-refractivity contribution in [2.45, 2.75) is 335 Å². The first kappa shape index (κ1) is 68.4. The van der Waals surface area contributed by atoms with Crippen molar-refractivity contribution in [3.8, 4) is 0 Å². The lowest BCUT2D eigenvalue weighted by Gasteiger charge is -2.18. The minimum atomic E-state index is -0.775. The number of hydrogen-bond donors (Lipinski definition) is 0. The second-order valence-corrected chi connectivity index (χ2v) is 21.0. The van der Waals surface area contributed by atoms with E-state index in [2.05, 4.69) is 69.4 Å². The highest BCUT2D eigenvalue weighted by Gasteiger charge is 2.19. The van der Waals surface area contributed by atoms with Crippen LogP contribution in [0, 0.1) is 0 Å². The predicted octanol–water partition coefficient (Wildman–Crippen LogP) is 21.0. The summed E-state index contributed by atoms with van der Waals surface area (Å²) in [6.07, 6.45) is 73.8. The SMILES string of the molecule is CCCCC/C=C\C/C=C\CCCCCCCCCCCC(=O)OCC(COC(=O)CCCCCCCCCCC/C=C\C/C=C\CCCCC)OC(=O)CCCCCCCCCCCCCCCCC. The Morgan fingerprint density at radius 1 is 0.282 bits per heavy atom. The van der Waals surface area contributed by atoms with Gasteiger partial charge in [0.15, 0.2) is 6.10 Å². The maximum Gasteiger partial charge on any atom is 0.306 e. The van der Waals surface area contributed by atoms with Crippen LogP contribution in [0.2, 0.25) is 0 Å². The van der Waals surface area contributed by atoms with E-state index >= 15 is 0 Å². The van der Waals surface area contributed by atoms with Crippen LogP contribution in [-0.2, 0) is 28.6 Å². The molecule has 0 amide bonds. The van der Waals surface area contributed by atoms with E-state index in [1.54, 1.807) is 0 Å². The van der Waals surface area contributed by atoms with Crippen molar-refractivity contribution >= 4 is 17.9 Å². The second-order valence-electron chi connectivity index (χ2n) is 21.0. The maximum absolute atomic E-state index is 12.9. The fraction of sp³-hybridized carbons (Fsp3) is 0.831. The van der Waals surface area contributed by atoms with Crippen LogP contribution < -0.4 is 0 Å². The van der Waals surface area contributed by atoms with Gasteiger partial charge < -0.3 is 14.2 Å². The molecule has 414 valence electrons. The van der Waals surface area contributed by atoms with Crippen molar-refractivity contribution in [3.05, 3.63) is 48.6 Å². The Labute approximate surface area is 441 Å². The number of allylic oxidation sites excluding steroid dienone is 8. The van der Waals surface area contributed by atoms with E-state index in [1.165, 1.54) is 218 Å². The van der Waals surface area contributed by atoms with E-state index in [9.17, 15) is 14.4 Å². The summed E-state index contributed by atoms with van der Waals surface area (Å²) in [7, 11) is 0. The number of unbranched alkanes of at least 4 members (excludes halogenated alkanes) is 38. The van der Waals surface area contributed by atoms with E-state index in [4.69, 9.17) is 14.2 Å². The van der Waals surface area contributed by atoms with Crippen molar-refractivity contribution in [1.29, 1.82) is 0 Å². The first-order chi connectivity index (χ1) is 35.0. The smallest absolute Gasteiger partial charge is 0.306 e. The second kappa shape index (κ2) is 59.9. The number of hydrogen-bond acceptors (Lipinski definition) is 6. The fourth-order valence-corrected chi connectivity index (χ4v) is 9.09. The van der Waals surface area contributed by atoms with Crippen molar-refractivity contribution in [2.75, 3.05) is 13.2 Å². The molecular formula is C65H118O6. The summed E-state index contributed by atoms with van der Waals surface area (Å²) in [6, 6.07) is 0. The summed E-state index contributed by atoms with van der Waals surface area (Å²) < 4.78 is 16.9. The summed E-state index contributed by atoms with van der Waals surface area (Å²) >= 11 is 0. The Hall–Kier alpha value is -2.63. The van der Waals surface area contributed by atoms with E-state index < -0.39 is 6.10 Å². The molecule has 6 heteroatoms. The van der Waals surface area contributed by atoms with E-state index in [0.29, 0.717) is 19.3 Å². The van der Waals surface area contributed by atoms with Crippen LogP contribution in [-0.4, -0.2) is 37.2 Å². The lowest BCUT2D eigenvalue weighted by atomic mass is 10.0. The summed E-state index contributed by atoms with van der Waals surface area (Å²) in [4.78, 5) is 38.3. The standard InChI is InChI=1S/C65H118O6/c1-4-7-10-13-16-19-22-25-28-30-32-34-37-39-42-45-48-51-54-57-63(66)69-60-62(71-65(68)59-56-53-50-47-44-41-36-27-24-21-18-15-12-9-6-3)61-70-64(67)58-55-52-49-46-43-40-38-35-33-31-29-26-23-20-17-14-11-8-5-2/h16-17,19-20,25-26,28-29,62H,4-15,18,21-24,27,30-61H2,1-3H3/b19-16-,20-17-,28-25-,29-26-. The molecule has 0 atom stereocenters. The molecule has 0 aliphatic carbocycles. The highest BCUT2D eigenvalue weighted by atomic mass is 16.6. The molecular weight excluding hydrogens is 877 g/mol. The van der Waals surface area contributed by atoms with Crippen LogP contribution in [0.4, 0.5) is 0 Å². The minimum Gasteiger partial charge on any atom is -0.462 e. The molecule has 0 N–H and O–H groups in total. The molecule has 0 unspecified atom stereocenters. The van der Waals surface area contributed by atoms with Gasteiger partial charge in [-0.1, -0.05) is 275 Å². The number of ether oxygens (including phenoxy) is 3. The molecule has 0 aromatic carbocycles. The van der Waals surface area contributed by atoms with Crippen LogP contribution in [0.15, 0.2) is 48.6 Å². The van der Waals surface area contributed by atoms with Gasteiger partial charge in [-0.05, 0) is 83.5 Å². The van der Waals surface area contributed by atoms with Crippen LogP contribution in [0.3, 0.4) is 0 Å². The summed E-state index contributed by atoms with van der Waals surface area (Å²) in [5.41, 5.74) is 0. The largest absolute Gasteiger partial charge is 0.462 e. The quantitative estimate of drug-likeness (QED) is 0.0261. The molecule has 0 aromatic rings. The third kappa shape index (κ3) is 58.1. The molecule has 0 aliphatic rings. The van der Waals surface area contributed by atoms with Gasteiger partial charge in [0.25, 0.3) is 0 Å². The third-order valence-electron chi connectivity index (χ3n) is 13.8. The number of esters is 3. The Morgan fingerprint density at radius 2 is 0.507 bits per heavy atom. The van der Waals surface area contributed by atoms with Crippen LogP contribution >= 0.6 is 0 Å². The first-order valence-corrected chi connectivity index (χ1v) is 31.1. The average molecular weight is 996 g/mol. The lowest BCUT2D eigenvalue weighted by Crippen LogP contribution is -2.30. The molecule has 0 aromatic heterocycles. The monoisotopic (exact) mass is 995 g/mol. The van der Waals surface area contributed by atoms with Gasteiger partial charge >= 0.3 is 17.9 Å². The molecule has 0 rings (SSSR count). The molecule has 0 fully saturated rings. The zero-order valence-electron chi connectivity index (χ0n) is 47.5. The molecule has 71 heavy (non-hydrogen) atoms. The van der Waals surface area contributed by atoms with Crippen LogP contribution in [0.1, 0.15) is 329 Å². The molecule has 0 saturated carbocycles. The van der Waals surface area contributed by atoms with Gasteiger partial charge in [-0.2, -0.15) is 0 Å². The molecule has 0 radical (unpaired) electrons. The van der Waals surface area contributed by atoms with Crippen LogP contribution in [0.5, 0.6) is 0 Å². The highest BCUT2D eigenvalue weighted by molar-refractivity contribution is 5.71. The van der Waals surface area contributed by atoms with Crippen molar-refractivity contribution < 1.29 is 28.6 Å². The Balaban J connectivity index is 4.34. The zero-order valence-corrected chi connectivity index (χ0v) is 47.5. The van der Waals surface area contributed by atoms with Gasteiger partial charge in [-0.25, -0.2) is 0 Å². The number of carbonyl (C=O) groups is 3. The minimum absolute atomic E-state index is 0.0732. The normalized spacial score (nSPS) is 11.9. The Morgan fingerprint density at radius 3 is 0.803 bits per heavy atom. The van der Waals surface area contributed by atoms with Gasteiger partial charge in [0.1, 0.15) is 13.2 Å². The van der Waals surface area contributed by atoms with Gasteiger partial charge in [0.05, 0.1) is 0 Å². The Kier molecular flexibility index (Phi) is 57.7. The van der Waals surface area contributed by atoms with Gasteiger partial charge in [-0.3, -0.25) is 14.4 Å². The summed E-state index contributed by atoms with van der Waals surface area (Å²) in [6.45, 7) is 6.63. The zero-order chi connectivity index (χ0) is 51.4. The molecule has 0 saturated heterocycles. The molecule has 0 bridgehead atoms. The molecule has 6 nitrogen and oxygen atoms in total. The van der Waals surface area contributed by atoms with Crippen molar-refractivity contribution in [2.24, 2.45) is 0 Å². The number of carbonyl (C=O) groups excluding carboxylic acids is 3. The average Bonchev–Trinajstić information content (AvgIpc) is 3.37. The van der Waals surface area contributed by atoms with Crippen LogP contribution in [0.25, 0.3) is 0 Å². The summed E-state index contributed by atoms with van der Waals surface area (Å²) in [5, 5.41) is 0.